The molecule has 0 radical (unpaired) electrons. The van der Waals surface area contributed by atoms with Gasteiger partial charge in [-0.05, 0) is 55.5 Å². The minimum absolute atomic E-state index is 0.121. The van der Waals surface area contributed by atoms with Crippen LogP contribution in [0.25, 0.3) is 17.0 Å². The molecule has 0 atom stereocenters. The summed E-state index contributed by atoms with van der Waals surface area (Å²) < 4.78 is 6.54. The van der Waals surface area contributed by atoms with E-state index in [0.29, 0.717) is 34.4 Å². The summed E-state index contributed by atoms with van der Waals surface area (Å²) in [5.41, 5.74) is 3.01. The van der Waals surface area contributed by atoms with E-state index < -0.39 is 5.97 Å². The molecular formula is C21H18N6O3S. The lowest BCUT2D eigenvalue weighted by molar-refractivity contribution is -0.113. The molecule has 3 aromatic heterocycles. The molecule has 4 aromatic rings. The Balaban J connectivity index is 1.41. The lowest BCUT2D eigenvalue weighted by atomic mass is 10.2. The topological polar surface area (TPSA) is 111 Å². The Kier molecular flexibility index (Phi) is 6.18. The van der Waals surface area contributed by atoms with Gasteiger partial charge in [-0.2, -0.15) is 9.61 Å². The molecular weight excluding hydrogens is 416 g/mol. The second kappa shape index (κ2) is 9.35. The van der Waals surface area contributed by atoms with E-state index >= 15 is 0 Å². The van der Waals surface area contributed by atoms with Crippen molar-refractivity contribution in [2.24, 2.45) is 0 Å². The molecule has 0 spiro atoms. The molecule has 1 N–H and O–H groups in total. The van der Waals surface area contributed by atoms with Crippen LogP contribution in [0.2, 0.25) is 0 Å². The van der Waals surface area contributed by atoms with Gasteiger partial charge >= 0.3 is 5.97 Å². The number of aromatic nitrogens is 5. The van der Waals surface area contributed by atoms with Crippen LogP contribution in [-0.2, 0) is 9.53 Å². The van der Waals surface area contributed by atoms with Crippen molar-refractivity contribution in [2.45, 2.75) is 12.1 Å². The molecule has 4 rings (SSSR count). The van der Waals surface area contributed by atoms with Crippen LogP contribution in [0, 0.1) is 0 Å². The van der Waals surface area contributed by atoms with Crippen LogP contribution in [0.5, 0.6) is 0 Å². The van der Waals surface area contributed by atoms with Crippen LogP contribution < -0.4 is 5.32 Å². The summed E-state index contributed by atoms with van der Waals surface area (Å²) in [6, 6.07) is 15.7. The molecule has 0 unspecified atom stereocenters. The SMILES string of the molecule is CCOC(=O)c1ccc(NC(=O)CSc2nnc3ccc(-c4ccccn4)nn23)cc1. The molecule has 0 bridgehead atoms. The molecule has 3 heterocycles. The number of esters is 1. The molecule has 1 amide bonds. The Bertz CT molecular complexity index is 1210. The number of anilines is 1. The van der Waals surface area contributed by atoms with Gasteiger partial charge in [-0.1, -0.05) is 17.8 Å². The fourth-order valence-electron chi connectivity index (χ4n) is 2.74. The van der Waals surface area contributed by atoms with Gasteiger partial charge in [0.15, 0.2) is 5.65 Å². The molecule has 31 heavy (non-hydrogen) atoms. The van der Waals surface area contributed by atoms with Gasteiger partial charge in [0.2, 0.25) is 11.1 Å². The van der Waals surface area contributed by atoms with Gasteiger partial charge in [0, 0.05) is 11.9 Å². The van der Waals surface area contributed by atoms with E-state index in [9.17, 15) is 9.59 Å². The number of fused-ring (bicyclic) bond motifs is 1. The highest BCUT2D eigenvalue weighted by atomic mass is 32.2. The zero-order valence-corrected chi connectivity index (χ0v) is 17.4. The molecule has 1 aromatic carbocycles. The van der Waals surface area contributed by atoms with Gasteiger partial charge in [0.05, 0.1) is 23.6 Å². The molecule has 0 aliphatic heterocycles. The average molecular weight is 434 g/mol. The third-order valence-electron chi connectivity index (χ3n) is 4.17. The summed E-state index contributed by atoms with van der Waals surface area (Å²) in [7, 11) is 0. The zero-order chi connectivity index (χ0) is 21.6. The van der Waals surface area contributed by atoms with Crippen LogP contribution in [0.4, 0.5) is 5.69 Å². The van der Waals surface area contributed by atoms with E-state index in [-0.39, 0.29) is 11.7 Å². The van der Waals surface area contributed by atoms with Gasteiger partial charge in [-0.3, -0.25) is 9.78 Å². The van der Waals surface area contributed by atoms with E-state index in [1.807, 2.05) is 24.3 Å². The summed E-state index contributed by atoms with van der Waals surface area (Å²) in [5.74, 6) is -0.491. The maximum atomic E-state index is 12.3. The van der Waals surface area contributed by atoms with Gasteiger partial charge < -0.3 is 10.1 Å². The average Bonchev–Trinajstić information content (AvgIpc) is 3.21. The van der Waals surface area contributed by atoms with Gasteiger partial charge in [0.1, 0.15) is 5.69 Å². The zero-order valence-electron chi connectivity index (χ0n) is 16.6. The van der Waals surface area contributed by atoms with Crippen LogP contribution in [-0.4, -0.2) is 49.0 Å². The van der Waals surface area contributed by atoms with Crippen LogP contribution >= 0.6 is 11.8 Å². The standard InChI is InChI=1S/C21H18N6O3S/c1-2-30-20(29)14-6-8-15(9-7-14)23-19(28)13-31-21-25-24-18-11-10-17(26-27(18)21)16-5-3-4-12-22-16/h3-12H,2,13H2,1H3,(H,23,28). The fraction of sp³-hybridized carbons (Fsp3) is 0.143. The maximum Gasteiger partial charge on any atom is 0.338 e. The highest BCUT2D eigenvalue weighted by Gasteiger charge is 2.13. The molecule has 10 heteroatoms. The monoisotopic (exact) mass is 434 g/mol. The maximum absolute atomic E-state index is 12.3. The number of ether oxygens (including phenoxy) is 1. The minimum atomic E-state index is -0.396. The van der Waals surface area contributed by atoms with Crippen LogP contribution in [0.1, 0.15) is 17.3 Å². The molecule has 0 aliphatic rings. The van der Waals surface area contributed by atoms with E-state index in [0.717, 1.165) is 5.69 Å². The van der Waals surface area contributed by atoms with Crippen molar-refractivity contribution in [3.63, 3.8) is 0 Å². The van der Waals surface area contributed by atoms with Gasteiger partial charge in [0.25, 0.3) is 0 Å². The highest BCUT2D eigenvalue weighted by Crippen LogP contribution is 2.20. The van der Waals surface area contributed by atoms with Crippen molar-refractivity contribution in [1.82, 2.24) is 24.8 Å². The predicted molar refractivity (Wildman–Crippen MR) is 116 cm³/mol. The highest BCUT2D eigenvalue weighted by molar-refractivity contribution is 7.99. The van der Waals surface area contributed by atoms with Crippen molar-refractivity contribution < 1.29 is 14.3 Å². The number of nitrogens with one attached hydrogen (secondary N) is 1. The Morgan fingerprint density at radius 3 is 2.61 bits per heavy atom. The van der Waals surface area contributed by atoms with E-state index in [1.165, 1.54) is 11.8 Å². The third kappa shape index (κ3) is 4.86. The summed E-state index contributed by atoms with van der Waals surface area (Å²) in [6.07, 6.45) is 1.70. The lowest BCUT2D eigenvalue weighted by Crippen LogP contribution is -2.14. The summed E-state index contributed by atoms with van der Waals surface area (Å²) in [4.78, 5) is 28.3. The molecule has 9 nitrogen and oxygen atoms in total. The van der Waals surface area contributed by atoms with Crippen molar-refractivity contribution in [1.29, 1.82) is 0 Å². The molecule has 0 saturated heterocycles. The number of thioether (sulfide) groups is 1. The number of nitrogens with zero attached hydrogens (tertiary/aromatic N) is 5. The first-order valence-electron chi connectivity index (χ1n) is 9.48. The minimum Gasteiger partial charge on any atom is -0.462 e. The summed E-state index contributed by atoms with van der Waals surface area (Å²) >= 11 is 1.22. The normalized spacial score (nSPS) is 10.7. The molecule has 156 valence electrons. The quantitative estimate of drug-likeness (QED) is 0.349. The smallest absolute Gasteiger partial charge is 0.338 e. The summed E-state index contributed by atoms with van der Waals surface area (Å²) in [6.45, 7) is 2.06. The van der Waals surface area contributed by atoms with E-state index in [1.54, 1.807) is 48.0 Å². The van der Waals surface area contributed by atoms with Gasteiger partial charge in [-0.15, -0.1) is 10.2 Å². The van der Waals surface area contributed by atoms with Crippen LogP contribution in [0.3, 0.4) is 0 Å². The Hall–Kier alpha value is -3.79. The predicted octanol–water partition coefficient (Wildman–Crippen LogP) is 3.09. The largest absolute Gasteiger partial charge is 0.462 e. The fourth-order valence-corrected chi connectivity index (χ4v) is 3.43. The lowest BCUT2D eigenvalue weighted by Gasteiger charge is -2.06. The number of hydrogen-bond donors (Lipinski definition) is 1. The summed E-state index contributed by atoms with van der Waals surface area (Å²) in [5, 5.41) is 16.0. The first kappa shape index (κ1) is 20.5. The first-order valence-corrected chi connectivity index (χ1v) is 10.5. The Morgan fingerprint density at radius 2 is 1.87 bits per heavy atom. The van der Waals surface area contributed by atoms with E-state index in [2.05, 4.69) is 25.6 Å². The third-order valence-corrected chi connectivity index (χ3v) is 5.09. The molecule has 0 saturated carbocycles. The second-order valence-corrected chi connectivity index (χ2v) is 7.26. The number of amides is 1. The van der Waals surface area contributed by atoms with Crippen molar-refractivity contribution in [3.8, 4) is 11.4 Å². The number of carbonyl (C=O) groups is 2. The number of carbonyl (C=O) groups excluding carboxylic acids is 2. The number of benzene rings is 1. The first-order chi connectivity index (χ1) is 15.1. The second-order valence-electron chi connectivity index (χ2n) is 6.32. The number of hydrogen-bond acceptors (Lipinski definition) is 8. The Morgan fingerprint density at radius 1 is 1.03 bits per heavy atom. The molecule has 0 fully saturated rings. The van der Waals surface area contributed by atoms with Crippen LogP contribution in [0.15, 0.2) is 66.0 Å². The van der Waals surface area contributed by atoms with E-state index in [4.69, 9.17) is 4.74 Å². The number of rotatable bonds is 7. The molecule has 0 aliphatic carbocycles. The van der Waals surface area contributed by atoms with Gasteiger partial charge in [-0.25, -0.2) is 4.79 Å². The van der Waals surface area contributed by atoms with Crippen molar-refractivity contribution in [3.05, 3.63) is 66.4 Å². The van der Waals surface area contributed by atoms with Crippen molar-refractivity contribution >= 4 is 35.0 Å². The van der Waals surface area contributed by atoms with Crippen molar-refractivity contribution in [2.75, 3.05) is 17.7 Å². The Labute approximate surface area is 181 Å². The number of pyridine rings is 1.